The van der Waals surface area contributed by atoms with E-state index in [-0.39, 0.29) is 13.2 Å². The third kappa shape index (κ3) is 4.30. The van der Waals surface area contributed by atoms with Crippen LogP contribution < -0.4 is 0 Å². The first kappa shape index (κ1) is 21.8. The van der Waals surface area contributed by atoms with E-state index in [1.54, 1.807) is 0 Å². The molecule has 11 heteroatoms. The molecule has 0 radical (unpaired) electrons. The van der Waals surface area contributed by atoms with E-state index < -0.39 is 52.1 Å². The first-order valence-electron chi connectivity index (χ1n) is 9.55. The number of hydrogen-bond acceptors (Lipinski definition) is 10. The number of cyclic esters (lactones) is 2. The molecule has 1 heterocycles. The summed E-state index contributed by atoms with van der Waals surface area (Å²) < 4.78 is 53.7. The standard InChI is InChI=1S/C21H18O10S/c22-19(28-9-12-10-30-21(24)31-12)18(32(25,26)27)20(23)29-11-17-15-7-3-1-5-13(15)14-6-2-4-8-16(14)17/h1-8,12,17-18H,9-11H2,(H,25,26,27)/p-1. The van der Waals surface area contributed by atoms with Crippen LogP contribution in [0, 0.1) is 0 Å². The van der Waals surface area contributed by atoms with Gasteiger partial charge in [-0.1, -0.05) is 48.5 Å². The van der Waals surface area contributed by atoms with Gasteiger partial charge in [-0.25, -0.2) is 13.2 Å². The van der Waals surface area contributed by atoms with Gasteiger partial charge in [-0.05, 0) is 22.3 Å². The summed E-state index contributed by atoms with van der Waals surface area (Å²) in [7, 11) is -5.42. The second kappa shape index (κ2) is 8.60. The third-order valence-corrected chi connectivity index (χ3v) is 6.10. The number of hydrogen-bond donors (Lipinski definition) is 0. The van der Waals surface area contributed by atoms with Gasteiger partial charge in [-0.15, -0.1) is 0 Å². The summed E-state index contributed by atoms with van der Waals surface area (Å²) >= 11 is 0. The molecule has 0 N–H and O–H groups in total. The van der Waals surface area contributed by atoms with E-state index in [1.807, 2.05) is 48.5 Å². The van der Waals surface area contributed by atoms with Gasteiger partial charge in [-0.3, -0.25) is 9.59 Å². The van der Waals surface area contributed by atoms with Crippen LogP contribution in [0.3, 0.4) is 0 Å². The largest absolute Gasteiger partial charge is 0.747 e. The van der Waals surface area contributed by atoms with Gasteiger partial charge in [0.2, 0.25) is 5.25 Å². The molecular weight excluding hydrogens is 444 g/mol. The molecule has 0 bridgehead atoms. The van der Waals surface area contributed by atoms with Crippen molar-refractivity contribution in [3.63, 3.8) is 0 Å². The highest BCUT2D eigenvalue weighted by Crippen LogP contribution is 2.44. The Kier molecular flexibility index (Phi) is 5.85. The number of benzene rings is 2. The Hall–Kier alpha value is -3.44. The highest BCUT2D eigenvalue weighted by molar-refractivity contribution is 7.88. The van der Waals surface area contributed by atoms with Gasteiger partial charge < -0.3 is 23.5 Å². The topological polar surface area (TPSA) is 145 Å². The minimum absolute atomic E-state index is 0.216. The summed E-state index contributed by atoms with van der Waals surface area (Å²) in [4.78, 5) is 35.5. The molecule has 1 aliphatic carbocycles. The monoisotopic (exact) mass is 461 g/mol. The molecule has 1 aliphatic heterocycles. The maximum atomic E-state index is 12.4. The Morgan fingerprint density at radius 2 is 1.50 bits per heavy atom. The molecule has 168 valence electrons. The zero-order valence-corrected chi connectivity index (χ0v) is 17.3. The highest BCUT2D eigenvalue weighted by atomic mass is 32.2. The minimum atomic E-state index is -5.42. The van der Waals surface area contributed by atoms with Gasteiger partial charge in [0.25, 0.3) is 0 Å². The van der Waals surface area contributed by atoms with Crippen LogP contribution in [0.4, 0.5) is 4.79 Å². The minimum Gasteiger partial charge on any atom is -0.747 e. The lowest BCUT2D eigenvalue weighted by Gasteiger charge is -2.20. The summed E-state index contributed by atoms with van der Waals surface area (Å²) in [6.45, 7) is -1.07. The van der Waals surface area contributed by atoms with Crippen LogP contribution >= 0.6 is 0 Å². The molecule has 4 rings (SSSR count). The zero-order valence-electron chi connectivity index (χ0n) is 16.5. The van der Waals surface area contributed by atoms with E-state index in [2.05, 4.69) is 9.47 Å². The van der Waals surface area contributed by atoms with E-state index in [1.165, 1.54) is 0 Å². The molecule has 10 nitrogen and oxygen atoms in total. The van der Waals surface area contributed by atoms with Crippen molar-refractivity contribution >= 4 is 28.2 Å². The van der Waals surface area contributed by atoms with Crippen LogP contribution in [0.15, 0.2) is 48.5 Å². The molecule has 2 aromatic rings. The number of carbonyl (C=O) groups excluding carboxylic acids is 3. The number of esters is 2. The van der Waals surface area contributed by atoms with Crippen molar-refractivity contribution in [1.82, 2.24) is 0 Å². The van der Waals surface area contributed by atoms with Gasteiger partial charge in [0, 0.05) is 5.92 Å². The molecule has 0 aromatic heterocycles. The fourth-order valence-corrected chi connectivity index (χ4v) is 4.32. The Balaban J connectivity index is 1.46. The molecule has 1 saturated heterocycles. The van der Waals surface area contributed by atoms with Crippen LogP contribution in [-0.2, 0) is 38.7 Å². The average Bonchev–Trinajstić information content (AvgIpc) is 3.31. The molecular formula is C21H17O10S-. The van der Waals surface area contributed by atoms with Crippen molar-refractivity contribution in [2.45, 2.75) is 17.3 Å². The number of fused-ring (bicyclic) bond motifs is 3. The zero-order chi connectivity index (χ0) is 22.9. The molecule has 1 fully saturated rings. The Labute approximate surface area is 182 Å². The van der Waals surface area contributed by atoms with Crippen LogP contribution in [0.1, 0.15) is 17.0 Å². The Morgan fingerprint density at radius 1 is 0.969 bits per heavy atom. The number of carbonyl (C=O) groups is 3. The third-order valence-electron chi connectivity index (χ3n) is 5.13. The fraction of sp³-hybridized carbons (Fsp3) is 0.286. The van der Waals surface area contributed by atoms with E-state index in [4.69, 9.17) is 9.47 Å². The van der Waals surface area contributed by atoms with Crippen LogP contribution in [-0.4, -0.2) is 62.2 Å². The summed E-state index contributed by atoms with van der Waals surface area (Å²) in [6.07, 6.45) is -1.94. The molecule has 2 aliphatic rings. The summed E-state index contributed by atoms with van der Waals surface area (Å²) in [5.41, 5.74) is 3.64. The first-order chi connectivity index (χ1) is 15.3. The summed E-state index contributed by atoms with van der Waals surface area (Å²) in [5, 5.41) is -2.70. The first-order valence-corrected chi connectivity index (χ1v) is 11.0. The lowest BCUT2D eigenvalue weighted by molar-refractivity contribution is -0.155. The maximum Gasteiger partial charge on any atom is 0.508 e. The molecule has 0 spiro atoms. The van der Waals surface area contributed by atoms with Crippen molar-refractivity contribution in [3.05, 3.63) is 59.7 Å². The lowest BCUT2D eigenvalue weighted by atomic mass is 9.98. The molecule has 0 saturated carbocycles. The van der Waals surface area contributed by atoms with Crippen molar-refractivity contribution in [1.29, 1.82) is 0 Å². The van der Waals surface area contributed by atoms with E-state index in [0.29, 0.717) is 0 Å². The summed E-state index contributed by atoms with van der Waals surface area (Å²) in [6, 6.07) is 14.9. The predicted octanol–water partition coefficient (Wildman–Crippen LogP) is 1.33. The van der Waals surface area contributed by atoms with E-state index >= 15 is 0 Å². The van der Waals surface area contributed by atoms with Crippen LogP contribution in [0.5, 0.6) is 0 Å². The molecule has 0 amide bonds. The van der Waals surface area contributed by atoms with E-state index in [9.17, 15) is 27.4 Å². The molecule has 32 heavy (non-hydrogen) atoms. The van der Waals surface area contributed by atoms with Gasteiger partial charge in [-0.2, -0.15) is 0 Å². The van der Waals surface area contributed by atoms with Crippen molar-refractivity contribution in [2.75, 3.05) is 19.8 Å². The van der Waals surface area contributed by atoms with Crippen LogP contribution in [0.2, 0.25) is 0 Å². The lowest BCUT2D eigenvalue weighted by Crippen LogP contribution is -2.41. The highest BCUT2D eigenvalue weighted by Gasteiger charge is 2.39. The number of ether oxygens (including phenoxy) is 4. The van der Waals surface area contributed by atoms with Gasteiger partial charge >= 0.3 is 18.1 Å². The quantitative estimate of drug-likeness (QED) is 0.256. The van der Waals surface area contributed by atoms with Crippen molar-refractivity contribution in [2.24, 2.45) is 0 Å². The second-order valence-corrected chi connectivity index (χ2v) is 8.62. The normalized spacial score (nSPS) is 18.2. The smallest absolute Gasteiger partial charge is 0.508 e. The van der Waals surface area contributed by atoms with Gasteiger partial charge in [0.15, 0.2) is 6.10 Å². The van der Waals surface area contributed by atoms with Crippen molar-refractivity contribution < 1.29 is 46.3 Å². The van der Waals surface area contributed by atoms with Gasteiger partial charge in [0.05, 0.1) is 0 Å². The molecule has 2 aromatic carbocycles. The summed E-state index contributed by atoms with van der Waals surface area (Å²) in [5.74, 6) is -3.54. The van der Waals surface area contributed by atoms with E-state index in [0.717, 1.165) is 22.3 Å². The second-order valence-electron chi connectivity index (χ2n) is 7.16. The number of rotatable bonds is 7. The average molecular weight is 461 g/mol. The molecule has 2 unspecified atom stereocenters. The Morgan fingerprint density at radius 3 is 2.00 bits per heavy atom. The predicted molar refractivity (Wildman–Crippen MR) is 105 cm³/mol. The van der Waals surface area contributed by atoms with Crippen molar-refractivity contribution in [3.8, 4) is 11.1 Å². The van der Waals surface area contributed by atoms with Crippen LogP contribution in [0.25, 0.3) is 11.1 Å². The maximum absolute atomic E-state index is 12.4. The SMILES string of the molecule is O=C1OCC(COC(=O)C(C(=O)OCC2c3ccccc3-c3ccccc32)S(=O)(=O)[O-])O1. The Bertz CT molecular complexity index is 1130. The molecule has 2 atom stereocenters. The van der Waals surface area contributed by atoms with Gasteiger partial charge in [0.1, 0.15) is 29.9 Å². The fourth-order valence-electron chi connectivity index (χ4n) is 3.71.